The average molecular weight is 252 g/mol. The molecule has 1 aliphatic rings. The summed E-state index contributed by atoms with van der Waals surface area (Å²) in [4.78, 5) is 11.2. The molecule has 0 saturated heterocycles. The van der Waals surface area contributed by atoms with Gasteiger partial charge in [0.1, 0.15) is 0 Å². The van der Waals surface area contributed by atoms with Crippen molar-refractivity contribution in [3.8, 4) is 0 Å². The third-order valence-corrected chi connectivity index (χ3v) is 2.78. The Hall–Kier alpha value is -1.68. The summed E-state index contributed by atoms with van der Waals surface area (Å²) in [7, 11) is 0. The first kappa shape index (κ1) is 11.8. The first-order valence-electron chi connectivity index (χ1n) is 5.35. The van der Waals surface area contributed by atoms with E-state index in [0.29, 0.717) is 23.7 Å². The molecule has 0 radical (unpaired) electrons. The molecule has 4 nitrogen and oxygen atoms in total. The number of amides is 1. The van der Waals surface area contributed by atoms with Crippen molar-refractivity contribution in [2.45, 2.75) is 12.8 Å². The Kier molecular flexibility index (Phi) is 3.24. The van der Waals surface area contributed by atoms with E-state index in [1.54, 1.807) is 6.07 Å². The summed E-state index contributed by atoms with van der Waals surface area (Å²) in [5.74, 6) is 0.0340. The molecule has 0 saturated carbocycles. The maximum Gasteiger partial charge on any atom is 0.224 e. The number of carbonyl (C=O) groups is 1. The fourth-order valence-electron chi connectivity index (χ4n) is 1.79. The van der Waals surface area contributed by atoms with Gasteiger partial charge in [-0.1, -0.05) is 18.2 Å². The summed E-state index contributed by atoms with van der Waals surface area (Å²) in [5, 5.41) is 6.43. The Morgan fingerprint density at radius 2 is 2.29 bits per heavy atom. The molecule has 0 atom stereocenters. The van der Waals surface area contributed by atoms with Gasteiger partial charge in [-0.15, -0.1) is 0 Å². The maximum atomic E-state index is 11.2. The van der Waals surface area contributed by atoms with Gasteiger partial charge in [-0.3, -0.25) is 4.79 Å². The topological polar surface area (TPSA) is 67.2 Å². The molecule has 0 bridgehead atoms. The van der Waals surface area contributed by atoms with Crippen LogP contribution >= 0.6 is 11.6 Å². The van der Waals surface area contributed by atoms with E-state index < -0.39 is 0 Å². The number of nitrogens with one attached hydrogen (secondary N) is 2. The molecule has 2 rings (SSSR count). The van der Waals surface area contributed by atoms with E-state index >= 15 is 0 Å². The highest BCUT2D eigenvalue weighted by atomic mass is 35.5. The first-order valence-corrected chi connectivity index (χ1v) is 5.73. The van der Waals surface area contributed by atoms with Crippen LogP contribution in [0.3, 0.4) is 0 Å². The maximum absolute atomic E-state index is 11.2. The molecule has 0 unspecified atom stereocenters. The van der Waals surface area contributed by atoms with Crippen LogP contribution in [-0.2, 0) is 11.2 Å². The minimum absolute atomic E-state index is 0.0340. The van der Waals surface area contributed by atoms with Gasteiger partial charge in [0.05, 0.1) is 17.9 Å². The SMILES string of the molecule is C=C(Cl)CNc1cc2c(cc1N)NC(=O)CC2. The number of hydrogen-bond acceptors (Lipinski definition) is 3. The van der Waals surface area contributed by atoms with Crippen LogP contribution in [0.25, 0.3) is 0 Å². The number of hydrogen-bond donors (Lipinski definition) is 3. The Labute approximate surface area is 105 Å². The molecular weight excluding hydrogens is 238 g/mol. The van der Waals surface area contributed by atoms with Crippen LogP contribution in [0.4, 0.5) is 17.1 Å². The van der Waals surface area contributed by atoms with Crippen molar-refractivity contribution >= 4 is 34.6 Å². The molecule has 17 heavy (non-hydrogen) atoms. The molecule has 1 aliphatic heterocycles. The molecule has 1 aromatic rings. The minimum Gasteiger partial charge on any atom is -0.397 e. The summed E-state index contributed by atoms with van der Waals surface area (Å²) in [6.07, 6.45) is 1.25. The Bertz CT molecular complexity index is 485. The number of rotatable bonds is 3. The van der Waals surface area contributed by atoms with Gasteiger partial charge < -0.3 is 16.4 Å². The van der Waals surface area contributed by atoms with Crippen LogP contribution in [0.1, 0.15) is 12.0 Å². The first-order chi connectivity index (χ1) is 8.06. The second-order valence-electron chi connectivity index (χ2n) is 4.02. The quantitative estimate of drug-likeness (QED) is 0.723. The molecule has 0 fully saturated rings. The van der Waals surface area contributed by atoms with Crippen molar-refractivity contribution in [1.29, 1.82) is 0 Å². The Morgan fingerprint density at radius 1 is 1.53 bits per heavy atom. The fourth-order valence-corrected chi connectivity index (χ4v) is 1.86. The predicted octanol–water partition coefficient (Wildman–Crippen LogP) is 2.32. The van der Waals surface area contributed by atoms with E-state index in [1.807, 2.05) is 6.07 Å². The van der Waals surface area contributed by atoms with Crippen molar-refractivity contribution in [3.05, 3.63) is 29.3 Å². The summed E-state index contributed by atoms with van der Waals surface area (Å²) >= 11 is 5.69. The lowest BCUT2D eigenvalue weighted by Gasteiger charge is -2.19. The van der Waals surface area contributed by atoms with E-state index in [0.717, 1.165) is 23.4 Å². The van der Waals surface area contributed by atoms with Gasteiger partial charge in [-0.2, -0.15) is 0 Å². The lowest BCUT2D eigenvalue weighted by Crippen LogP contribution is -2.19. The predicted molar refractivity (Wildman–Crippen MR) is 71.3 cm³/mol. The number of carbonyl (C=O) groups excluding carboxylic acids is 1. The highest BCUT2D eigenvalue weighted by Gasteiger charge is 2.16. The normalized spacial score (nSPS) is 13.8. The number of fused-ring (bicyclic) bond motifs is 1. The second kappa shape index (κ2) is 4.67. The smallest absolute Gasteiger partial charge is 0.224 e. The minimum atomic E-state index is 0.0340. The van der Waals surface area contributed by atoms with Crippen LogP contribution in [0.5, 0.6) is 0 Å². The van der Waals surface area contributed by atoms with Gasteiger partial charge in [0.2, 0.25) is 5.91 Å². The van der Waals surface area contributed by atoms with E-state index in [2.05, 4.69) is 17.2 Å². The van der Waals surface area contributed by atoms with Crippen molar-refractivity contribution in [3.63, 3.8) is 0 Å². The third kappa shape index (κ3) is 2.71. The van der Waals surface area contributed by atoms with Crippen molar-refractivity contribution in [2.75, 3.05) is 22.9 Å². The van der Waals surface area contributed by atoms with Crippen LogP contribution in [0, 0.1) is 0 Å². The number of nitrogen functional groups attached to an aromatic ring is 1. The molecule has 0 aliphatic carbocycles. The van der Waals surface area contributed by atoms with E-state index in [9.17, 15) is 4.79 Å². The number of aryl methyl sites for hydroxylation is 1. The zero-order valence-electron chi connectivity index (χ0n) is 9.35. The fraction of sp³-hybridized carbons (Fsp3) is 0.250. The second-order valence-corrected chi connectivity index (χ2v) is 4.55. The zero-order chi connectivity index (χ0) is 12.4. The van der Waals surface area contributed by atoms with Gasteiger partial charge in [-0.25, -0.2) is 0 Å². The third-order valence-electron chi connectivity index (χ3n) is 2.64. The van der Waals surface area contributed by atoms with Crippen molar-refractivity contribution < 1.29 is 4.79 Å². The van der Waals surface area contributed by atoms with Crippen LogP contribution in [-0.4, -0.2) is 12.5 Å². The molecule has 0 spiro atoms. The Balaban J connectivity index is 2.24. The number of benzene rings is 1. The highest BCUT2D eigenvalue weighted by Crippen LogP contribution is 2.31. The highest BCUT2D eigenvalue weighted by molar-refractivity contribution is 6.29. The number of nitrogens with two attached hydrogens (primary N) is 1. The largest absolute Gasteiger partial charge is 0.397 e. The van der Waals surface area contributed by atoms with E-state index in [4.69, 9.17) is 17.3 Å². The van der Waals surface area contributed by atoms with Gasteiger partial charge in [0, 0.05) is 17.1 Å². The molecule has 1 aromatic carbocycles. The Morgan fingerprint density at radius 3 is 3.00 bits per heavy atom. The standard InChI is InChI=1S/C12H14ClN3O/c1-7(13)6-15-11-4-8-2-3-12(17)16-10(8)5-9(11)14/h4-5,15H,1-3,6,14H2,(H,16,17). The van der Waals surface area contributed by atoms with Crippen LogP contribution in [0.2, 0.25) is 0 Å². The van der Waals surface area contributed by atoms with Gasteiger partial charge in [0.15, 0.2) is 0 Å². The lowest BCUT2D eigenvalue weighted by molar-refractivity contribution is -0.116. The van der Waals surface area contributed by atoms with Crippen LogP contribution in [0.15, 0.2) is 23.7 Å². The average Bonchev–Trinajstić information content (AvgIpc) is 2.26. The molecule has 4 N–H and O–H groups in total. The van der Waals surface area contributed by atoms with Crippen molar-refractivity contribution in [1.82, 2.24) is 0 Å². The van der Waals surface area contributed by atoms with Gasteiger partial charge in [0.25, 0.3) is 0 Å². The summed E-state index contributed by atoms with van der Waals surface area (Å²) in [6, 6.07) is 3.72. The number of halogens is 1. The van der Waals surface area contributed by atoms with Crippen molar-refractivity contribution in [2.24, 2.45) is 0 Å². The molecule has 5 heteroatoms. The summed E-state index contributed by atoms with van der Waals surface area (Å²) < 4.78 is 0. The molecule has 1 heterocycles. The molecule has 1 amide bonds. The molecule has 90 valence electrons. The van der Waals surface area contributed by atoms with E-state index in [1.165, 1.54) is 0 Å². The summed E-state index contributed by atoms with van der Waals surface area (Å²) in [6.45, 7) is 4.07. The summed E-state index contributed by atoms with van der Waals surface area (Å²) in [5.41, 5.74) is 9.18. The molecular formula is C12H14ClN3O. The van der Waals surface area contributed by atoms with Gasteiger partial charge in [-0.05, 0) is 24.1 Å². The van der Waals surface area contributed by atoms with Gasteiger partial charge >= 0.3 is 0 Å². The lowest BCUT2D eigenvalue weighted by atomic mass is 10.0. The monoisotopic (exact) mass is 251 g/mol. The zero-order valence-corrected chi connectivity index (χ0v) is 10.1. The molecule has 0 aromatic heterocycles. The van der Waals surface area contributed by atoms with Crippen LogP contribution < -0.4 is 16.4 Å². The van der Waals surface area contributed by atoms with E-state index in [-0.39, 0.29) is 5.91 Å². The number of anilines is 3.